The lowest BCUT2D eigenvalue weighted by atomic mass is 9.91. The van der Waals surface area contributed by atoms with Crippen LogP contribution >= 0.6 is 11.3 Å². The Hall–Kier alpha value is -0.340. The standard InChI is InChI=1S/C12H20OS/c1-8-9(12(5,6)13)7-10(14-8)11(2,3)4/h7,13H,1-6H3. The molecule has 0 aliphatic rings. The molecule has 0 atom stereocenters. The Labute approximate surface area is 90.8 Å². The molecule has 0 amide bonds. The van der Waals surface area contributed by atoms with Crippen LogP contribution in [-0.4, -0.2) is 5.11 Å². The highest BCUT2D eigenvalue weighted by molar-refractivity contribution is 7.12. The summed E-state index contributed by atoms with van der Waals surface area (Å²) in [7, 11) is 0. The second kappa shape index (κ2) is 3.35. The van der Waals surface area contributed by atoms with Crippen molar-refractivity contribution in [2.75, 3.05) is 0 Å². The molecule has 0 radical (unpaired) electrons. The molecular formula is C12H20OS. The highest BCUT2D eigenvalue weighted by atomic mass is 32.1. The molecule has 2 heteroatoms. The fourth-order valence-electron chi connectivity index (χ4n) is 1.46. The minimum atomic E-state index is -0.718. The van der Waals surface area contributed by atoms with E-state index in [9.17, 15) is 5.11 Å². The molecule has 0 aliphatic carbocycles. The lowest BCUT2D eigenvalue weighted by Crippen LogP contribution is -2.16. The normalized spacial score (nSPS) is 13.4. The largest absolute Gasteiger partial charge is 0.386 e. The maximum atomic E-state index is 9.96. The van der Waals surface area contributed by atoms with E-state index in [0.29, 0.717) is 0 Å². The lowest BCUT2D eigenvalue weighted by molar-refractivity contribution is 0.0784. The molecule has 1 aromatic heterocycles. The van der Waals surface area contributed by atoms with Gasteiger partial charge in [0.15, 0.2) is 0 Å². The van der Waals surface area contributed by atoms with Crippen LogP contribution in [0.3, 0.4) is 0 Å². The zero-order valence-electron chi connectivity index (χ0n) is 9.93. The molecule has 0 unspecified atom stereocenters. The Bertz CT molecular complexity index is 323. The molecule has 0 aliphatic heterocycles. The third-order valence-corrected chi connectivity index (χ3v) is 3.79. The van der Waals surface area contributed by atoms with Gasteiger partial charge in [-0.15, -0.1) is 11.3 Å². The summed E-state index contributed by atoms with van der Waals surface area (Å²) in [4.78, 5) is 2.56. The molecule has 14 heavy (non-hydrogen) atoms. The first kappa shape index (κ1) is 11.7. The quantitative estimate of drug-likeness (QED) is 0.754. The van der Waals surface area contributed by atoms with Gasteiger partial charge in [-0.2, -0.15) is 0 Å². The number of aryl methyl sites for hydroxylation is 1. The van der Waals surface area contributed by atoms with E-state index in [1.54, 1.807) is 11.3 Å². The molecule has 1 heterocycles. The Kier molecular flexibility index (Phi) is 2.81. The molecule has 0 spiro atoms. The second-order valence-electron chi connectivity index (χ2n) is 5.39. The summed E-state index contributed by atoms with van der Waals surface area (Å²) in [5, 5.41) is 9.96. The van der Waals surface area contributed by atoms with Gasteiger partial charge in [-0.25, -0.2) is 0 Å². The lowest BCUT2D eigenvalue weighted by Gasteiger charge is -2.18. The summed E-state index contributed by atoms with van der Waals surface area (Å²) in [6.07, 6.45) is 0. The summed E-state index contributed by atoms with van der Waals surface area (Å²) >= 11 is 1.79. The van der Waals surface area contributed by atoms with Gasteiger partial charge >= 0.3 is 0 Å². The van der Waals surface area contributed by atoms with E-state index in [2.05, 4.69) is 33.8 Å². The molecule has 0 saturated carbocycles. The van der Waals surface area contributed by atoms with Gasteiger partial charge in [0, 0.05) is 9.75 Å². The Morgan fingerprint density at radius 2 is 1.64 bits per heavy atom. The Morgan fingerprint density at radius 1 is 1.14 bits per heavy atom. The zero-order valence-corrected chi connectivity index (χ0v) is 10.7. The summed E-state index contributed by atoms with van der Waals surface area (Å²) < 4.78 is 0. The average Bonchev–Trinajstić information content (AvgIpc) is 2.27. The Balaban J connectivity index is 3.19. The van der Waals surface area contributed by atoms with Crippen LogP contribution in [0.5, 0.6) is 0 Å². The Morgan fingerprint density at radius 3 is 1.86 bits per heavy atom. The molecule has 1 nitrogen and oxygen atoms in total. The predicted molar refractivity (Wildman–Crippen MR) is 63.0 cm³/mol. The minimum Gasteiger partial charge on any atom is -0.386 e. The van der Waals surface area contributed by atoms with Crippen LogP contribution in [0.15, 0.2) is 6.07 Å². The van der Waals surface area contributed by atoms with E-state index in [4.69, 9.17) is 0 Å². The third-order valence-electron chi connectivity index (χ3n) is 2.32. The van der Waals surface area contributed by atoms with Gasteiger partial charge in [0.05, 0.1) is 5.60 Å². The average molecular weight is 212 g/mol. The van der Waals surface area contributed by atoms with E-state index < -0.39 is 5.60 Å². The number of rotatable bonds is 1. The van der Waals surface area contributed by atoms with Gasteiger partial charge in [-0.1, -0.05) is 20.8 Å². The fraction of sp³-hybridized carbons (Fsp3) is 0.667. The van der Waals surface area contributed by atoms with E-state index in [1.165, 1.54) is 9.75 Å². The zero-order chi connectivity index (χ0) is 11.1. The summed E-state index contributed by atoms with van der Waals surface area (Å²) in [6, 6.07) is 2.14. The van der Waals surface area contributed by atoms with Gasteiger partial charge in [-0.3, -0.25) is 0 Å². The molecule has 0 aromatic carbocycles. The van der Waals surface area contributed by atoms with Crippen molar-refractivity contribution >= 4 is 11.3 Å². The van der Waals surface area contributed by atoms with Crippen molar-refractivity contribution in [2.24, 2.45) is 0 Å². The van der Waals surface area contributed by atoms with Crippen LogP contribution in [-0.2, 0) is 11.0 Å². The number of hydrogen-bond donors (Lipinski definition) is 1. The number of hydrogen-bond acceptors (Lipinski definition) is 2. The molecule has 0 saturated heterocycles. The fourth-order valence-corrected chi connectivity index (χ4v) is 2.69. The predicted octanol–water partition coefficient (Wildman–Crippen LogP) is 3.58. The molecule has 1 rings (SSSR count). The van der Waals surface area contributed by atoms with Crippen molar-refractivity contribution in [3.63, 3.8) is 0 Å². The molecule has 80 valence electrons. The molecule has 0 fully saturated rings. The SMILES string of the molecule is Cc1sc(C(C)(C)C)cc1C(C)(C)O. The van der Waals surface area contributed by atoms with Crippen molar-refractivity contribution in [3.8, 4) is 0 Å². The van der Waals surface area contributed by atoms with Crippen molar-refractivity contribution in [1.82, 2.24) is 0 Å². The van der Waals surface area contributed by atoms with Crippen LogP contribution in [0.4, 0.5) is 0 Å². The van der Waals surface area contributed by atoms with E-state index in [-0.39, 0.29) is 5.41 Å². The van der Waals surface area contributed by atoms with E-state index in [1.807, 2.05) is 13.8 Å². The van der Waals surface area contributed by atoms with Crippen LogP contribution in [0.25, 0.3) is 0 Å². The smallest absolute Gasteiger partial charge is 0.0851 e. The third kappa shape index (κ3) is 2.37. The van der Waals surface area contributed by atoms with Gasteiger partial charge in [0.2, 0.25) is 0 Å². The van der Waals surface area contributed by atoms with Crippen LogP contribution < -0.4 is 0 Å². The van der Waals surface area contributed by atoms with Gasteiger partial charge in [0.25, 0.3) is 0 Å². The number of aliphatic hydroxyl groups is 1. The molecule has 1 aromatic rings. The highest BCUT2D eigenvalue weighted by Crippen LogP contribution is 2.36. The van der Waals surface area contributed by atoms with Crippen molar-refractivity contribution in [1.29, 1.82) is 0 Å². The summed E-state index contributed by atoms with van der Waals surface area (Å²) in [5.41, 5.74) is 0.524. The van der Waals surface area contributed by atoms with Gasteiger partial charge < -0.3 is 5.11 Å². The second-order valence-corrected chi connectivity index (χ2v) is 6.65. The highest BCUT2D eigenvalue weighted by Gasteiger charge is 2.24. The first-order valence-electron chi connectivity index (χ1n) is 4.96. The van der Waals surface area contributed by atoms with E-state index >= 15 is 0 Å². The number of thiophene rings is 1. The first-order valence-corrected chi connectivity index (χ1v) is 5.78. The van der Waals surface area contributed by atoms with Crippen LogP contribution in [0, 0.1) is 6.92 Å². The topological polar surface area (TPSA) is 20.2 Å². The van der Waals surface area contributed by atoms with Gasteiger partial charge in [0.1, 0.15) is 0 Å². The summed E-state index contributed by atoms with van der Waals surface area (Å²) in [6.45, 7) is 12.4. The molecule has 0 bridgehead atoms. The van der Waals surface area contributed by atoms with Crippen LogP contribution in [0.1, 0.15) is 49.9 Å². The first-order chi connectivity index (χ1) is 6.12. The summed E-state index contributed by atoms with van der Waals surface area (Å²) in [5.74, 6) is 0. The molecular weight excluding hydrogens is 192 g/mol. The van der Waals surface area contributed by atoms with Crippen LogP contribution in [0.2, 0.25) is 0 Å². The van der Waals surface area contributed by atoms with E-state index in [0.717, 1.165) is 5.56 Å². The van der Waals surface area contributed by atoms with Crippen molar-refractivity contribution in [3.05, 3.63) is 21.4 Å². The minimum absolute atomic E-state index is 0.179. The maximum Gasteiger partial charge on any atom is 0.0851 e. The van der Waals surface area contributed by atoms with Gasteiger partial charge in [-0.05, 0) is 37.8 Å². The molecule has 1 N–H and O–H groups in total. The maximum absolute atomic E-state index is 9.96. The monoisotopic (exact) mass is 212 g/mol. The van der Waals surface area contributed by atoms with Crippen molar-refractivity contribution in [2.45, 2.75) is 52.6 Å². The van der Waals surface area contributed by atoms with Crippen molar-refractivity contribution < 1.29 is 5.11 Å².